The summed E-state index contributed by atoms with van der Waals surface area (Å²) in [5.74, 6) is -0.639. The predicted octanol–water partition coefficient (Wildman–Crippen LogP) is 3.42. The van der Waals surface area contributed by atoms with Gasteiger partial charge in [0.15, 0.2) is 5.78 Å². The first kappa shape index (κ1) is 19.8. The van der Waals surface area contributed by atoms with Crippen LogP contribution in [0.2, 0.25) is 0 Å². The van der Waals surface area contributed by atoms with Crippen molar-refractivity contribution in [3.8, 4) is 0 Å². The number of allylic oxidation sites excluding steroid dienone is 2. The van der Waals surface area contributed by atoms with Crippen molar-refractivity contribution in [3.05, 3.63) is 45.0 Å². The summed E-state index contributed by atoms with van der Waals surface area (Å²) in [6.45, 7) is 2.70. The zero-order valence-electron chi connectivity index (χ0n) is 12.9. The third kappa shape index (κ3) is 3.57. The average Bonchev–Trinajstić information content (AvgIpc) is 2.56. The van der Waals surface area contributed by atoms with Crippen LogP contribution in [0.3, 0.4) is 0 Å². The van der Waals surface area contributed by atoms with Crippen LogP contribution >= 0.6 is 34.8 Å². The summed E-state index contributed by atoms with van der Waals surface area (Å²) in [6, 6.07) is 4.39. The summed E-state index contributed by atoms with van der Waals surface area (Å²) in [4.78, 5) is 20.1. The van der Waals surface area contributed by atoms with Crippen LogP contribution in [0, 0.1) is 10.1 Å². The van der Waals surface area contributed by atoms with E-state index in [0.717, 1.165) is 18.2 Å². The van der Waals surface area contributed by atoms with Crippen LogP contribution in [-0.4, -0.2) is 35.1 Å². The Hall–Kier alpha value is -1.48. The molecular weight excluding hydrogens is 415 g/mol. The predicted molar refractivity (Wildman–Crippen MR) is 95.2 cm³/mol. The lowest BCUT2D eigenvalue weighted by Gasteiger charge is -2.32. The van der Waals surface area contributed by atoms with Gasteiger partial charge in [0, 0.05) is 12.1 Å². The van der Waals surface area contributed by atoms with E-state index in [-0.39, 0.29) is 16.3 Å². The molecule has 0 aliphatic heterocycles. The van der Waals surface area contributed by atoms with Crippen molar-refractivity contribution < 1.29 is 18.1 Å². The van der Waals surface area contributed by atoms with Gasteiger partial charge < -0.3 is 0 Å². The number of hydrogen-bond acceptors (Lipinski definition) is 5. The molecule has 0 amide bonds. The molecule has 0 saturated heterocycles. The van der Waals surface area contributed by atoms with Gasteiger partial charge in [-0.15, -0.1) is 23.2 Å². The highest BCUT2D eigenvalue weighted by Gasteiger charge is 2.48. The molecule has 2 atom stereocenters. The number of benzene rings is 1. The van der Waals surface area contributed by atoms with E-state index in [4.69, 9.17) is 34.8 Å². The smallest absolute Gasteiger partial charge is 0.282 e. The van der Waals surface area contributed by atoms with E-state index in [1.54, 1.807) is 0 Å². The second kappa shape index (κ2) is 6.68. The SMILES string of the molecule is CC1=C(Cl)C(=O)[C@](C)(Cl)[C@@H](Cl)C1=NS(=O)(=O)c1cccc([N+](=O)[O-])c1. The van der Waals surface area contributed by atoms with E-state index in [2.05, 4.69) is 4.40 Å². The Bertz CT molecular complexity index is 938. The maximum absolute atomic E-state index is 12.5. The van der Waals surface area contributed by atoms with Crippen LogP contribution in [0.1, 0.15) is 13.8 Å². The topological polar surface area (TPSA) is 107 Å². The first-order valence-corrected chi connectivity index (χ1v) is 9.36. The zero-order valence-corrected chi connectivity index (χ0v) is 15.9. The summed E-state index contributed by atoms with van der Waals surface area (Å²) in [7, 11) is -4.34. The molecule has 0 spiro atoms. The molecule has 0 aromatic heterocycles. The van der Waals surface area contributed by atoms with Gasteiger partial charge in [0.05, 0.1) is 20.6 Å². The summed E-state index contributed by atoms with van der Waals surface area (Å²) < 4.78 is 28.6. The number of alkyl halides is 2. The van der Waals surface area contributed by atoms with Gasteiger partial charge in [-0.1, -0.05) is 17.7 Å². The number of carbonyl (C=O) groups excluding carboxylic acids is 1. The number of nitro groups is 1. The molecule has 1 aliphatic carbocycles. The molecule has 0 fully saturated rings. The normalized spacial score (nSPS) is 26.2. The van der Waals surface area contributed by atoms with Gasteiger partial charge >= 0.3 is 0 Å². The standard InChI is InChI=1S/C14H11Cl3N2O5S/c1-7-10(15)13(20)14(2,17)12(16)11(7)18-25(23,24)9-5-3-4-8(6-9)19(21)22/h3-6,12H,1-2H3/t12-,14+/m0/s1. The van der Waals surface area contributed by atoms with Crippen LogP contribution < -0.4 is 0 Å². The molecule has 1 aromatic rings. The number of sulfonamides is 1. The molecular formula is C14H11Cl3N2O5S. The fraction of sp³-hybridized carbons (Fsp3) is 0.286. The fourth-order valence-electron chi connectivity index (χ4n) is 2.11. The fourth-order valence-corrected chi connectivity index (χ4v) is 4.15. The van der Waals surface area contributed by atoms with Crippen molar-refractivity contribution in [2.75, 3.05) is 0 Å². The Morgan fingerprint density at radius 2 is 1.96 bits per heavy atom. The van der Waals surface area contributed by atoms with Crippen molar-refractivity contribution in [1.82, 2.24) is 0 Å². The minimum atomic E-state index is -4.34. The van der Waals surface area contributed by atoms with Crippen LogP contribution in [0.5, 0.6) is 0 Å². The Balaban J connectivity index is 2.63. The molecule has 0 unspecified atom stereocenters. The minimum Gasteiger partial charge on any atom is -0.291 e. The molecule has 1 aliphatic rings. The van der Waals surface area contributed by atoms with Crippen molar-refractivity contribution in [3.63, 3.8) is 0 Å². The van der Waals surface area contributed by atoms with Crippen molar-refractivity contribution in [2.45, 2.75) is 29.0 Å². The third-order valence-corrected chi connectivity index (χ3v) is 6.50. The first-order valence-electron chi connectivity index (χ1n) is 6.73. The summed E-state index contributed by atoms with van der Waals surface area (Å²) in [5, 5.41) is 9.30. The molecule has 1 aromatic carbocycles. The van der Waals surface area contributed by atoms with Gasteiger partial charge in [0.1, 0.15) is 10.3 Å². The molecule has 0 saturated carbocycles. The maximum Gasteiger partial charge on any atom is 0.282 e. The zero-order chi connectivity index (χ0) is 19.2. The van der Waals surface area contributed by atoms with Gasteiger partial charge in [0.25, 0.3) is 15.7 Å². The highest BCUT2D eigenvalue weighted by molar-refractivity contribution is 7.90. The Morgan fingerprint density at radius 3 is 2.52 bits per heavy atom. The number of Topliss-reactive ketones (excluding diaryl/α,β-unsaturated/α-hetero) is 1. The number of ketones is 1. The lowest BCUT2D eigenvalue weighted by molar-refractivity contribution is -0.385. The molecule has 0 radical (unpaired) electrons. The minimum absolute atomic E-state index is 0.0822. The van der Waals surface area contributed by atoms with E-state index >= 15 is 0 Å². The molecule has 134 valence electrons. The molecule has 0 heterocycles. The molecule has 25 heavy (non-hydrogen) atoms. The second-order valence-electron chi connectivity index (χ2n) is 5.41. The number of halogens is 3. The molecule has 7 nitrogen and oxygen atoms in total. The Labute approximate surface area is 158 Å². The maximum atomic E-state index is 12.5. The van der Waals surface area contributed by atoms with Gasteiger partial charge in [-0.3, -0.25) is 14.9 Å². The number of nitro benzene ring substituents is 1. The van der Waals surface area contributed by atoms with E-state index < -0.39 is 41.6 Å². The van der Waals surface area contributed by atoms with Gasteiger partial charge in [0.2, 0.25) is 0 Å². The second-order valence-corrected chi connectivity index (χ2v) is 8.62. The van der Waals surface area contributed by atoms with Gasteiger partial charge in [-0.05, 0) is 25.5 Å². The van der Waals surface area contributed by atoms with Gasteiger partial charge in [-0.25, -0.2) is 0 Å². The lowest BCUT2D eigenvalue weighted by Crippen LogP contribution is -2.48. The number of nitrogens with zero attached hydrogens (tertiary/aromatic N) is 2. The number of non-ortho nitro benzene ring substituents is 1. The molecule has 11 heteroatoms. The van der Waals surface area contributed by atoms with Crippen molar-refractivity contribution in [2.24, 2.45) is 4.40 Å². The number of carbonyl (C=O) groups is 1. The van der Waals surface area contributed by atoms with Crippen molar-refractivity contribution in [1.29, 1.82) is 0 Å². The monoisotopic (exact) mass is 424 g/mol. The van der Waals surface area contributed by atoms with E-state index in [9.17, 15) is 23.3 Å². The summed E-state index contributed by atoms with van der Waals surface area (Å²) >= 11 is 18.2. The Morgan fingerprint density at radius 1 is 1.36 bits per heavy atom. The van der Waals surface area contributed by atoms with Crippen molar-refractivity contribution >= 4 is 62.0 Å². The lowest BCUT2D eigenvalue weighted by atomic mass is 9.87. The van der Waals surface area contributed by atoms with Crippen LogP contribution in [-0.2, 0) is 14.8 Å². The summed E-state index contributed by atoms with van der Waals surface area (Å²) in [6.07, 6.45) is 0. The summed E-state index contributed by atoms with van der Waals surface area (Å²) in [5.41, 5.74) is -0.510. The highest BCUT2D eigenvalue weighted by Crippen LogP contribution is 2.38. The Kier molecular flexibility index (Phi) is 5.30. The molecule has 2 rings (SSSR count). The van der Waals surface area contributed by atoms with E-state index in [0.29, 0.717) is 0 Å². The van der Waals surface area contributed by atoms with Gasteiger partial charge in [-0.2, -0.15) is 12.8 Å². The molecule has 0 bridgehead atoms. The van der Waals surface area contributed by atoms with Crippen LogP contribution in [0.4, 0.5) is 5.69 Å². The highest BCUT2D eigenvalue weighted by atomic mass is 35.5. The first-order chi connectivity index (χ1) is 11.4. The quantitative estimate of drug-likeness (QED) is 0.419. The largest absolute Gasteiger partial charge is 0.291 e. The third-order valence-electron chi connectivity index (χ3n) is 3.62. The van der Waals surface area contributed by atoms with Crippen LogP contribution in [0.15, 0.2) is 44.2 Å². The molecule has 0 N–H and O–H groups in total. The van der Waals surface area contributed by atoms with E-state index in [1.807, 2.05) is 0 Å². The average molecular weight is 426 g/mol. The number of rotatable bonds is 3. The number of hydrogen-bond donors (Lipinski definition) is 0. The van der Waals surface area contributed by atoms with Crippen LogP contribution in [0.25, 0.3) is 0 Å². The van der Waals surface area contributed by atoms with E-state index in [1.165, 1.54) is 19.9 Å².